The number of hydrogen-bond donors (Lipinski definition) is 1. The Labute approximate surface area is 196 Å². The van der Waals surface area contributed by atoms with E-state index in [0.717, 1.165) is 22.5 Å². The normalized spacial score (nSPS) is 11.8. The summed E-state index contributed by atoms with van der Waals surface area (Å²) >= 11 is 1.14. The molecule has 33 heavy (non-hydrogen) atoms. The Kier molecular flexibility index (Phi) is 7.78. The average molecular weight is 468 g/mol. The van der Waals surface area contributed by atoms with Crippen LogP contribution in [0.2, 0.25) is 0 Å². The molecule has 1 heterocycles. The molecule has 8 nitrogen and oxygen atoms in total. The predicted molar refractivity (Wildman–Crippen MR) is 126 cm³/mol. The first kappa shape index (κ1) is 23.9. The summed E-state index contributed by atoms with van der Waals surface area (Å²) in [4.78, 5) is 34.3. The Morgan fingerprint density at radius 1 is 1.03 bits per heavy atom. The Balaban J connectivity index is 1.85. The maximum absolute atomic E-state index is 13.2. The molecule has 0 atom stereocenters. The van der Waals surface area contributed by atoms with Crippen molar-refractivity contribution in [1.82, 2.24) is 4.98 Å². The van der Waals surface area contributed by atoms with Crippen molar-refractivity contribution in [2.45, 2.75) is 32.5 Å². The van der Waals surface area contributed by atoms with Gasteiger partial charge in [-0.3, -0.25) is 0 Å². The van der Waals surface area contributed by atoms with Gasteiger partial charge in [0.05, 0.1) is 0 Å². The van der Waals surface area contributed by atoms with Crippen molar-refractivity contribution in [2.24, 2.45) is 5.16 Å². The van der Waals surface area contributed by atoms with Gasteiger partial charge >= 0.3 is 11.9 Å². The Morgan fingerprint density at radius 3 is 2.09 bits per heavy atom. The molecule has 3 rings (SSSR count). The standard InChI is InChI=1S/C24H25N3O5S/c1-24(2,3)32-19(28)14-30-27-20(18-15-33-23(25)26-18)22(29)31-21(16-10-6-4-7-11-16)17-12-8-5-9-13-17/h4-13,15,21H,14H2,1-3H3,(H2,25,26)/b27-20-. The van der Waals surface area contributed by atoms with E-state index in [0.29, 0.717) is 0 Å². The number of aromatic nitrogens is 1. The van der Waals surface area contributed by atoms with Gasteiger partial charge in [0.15, 0.2) is 11.2 Å². The highest BCUT2D eigenvalue weighted by Gasteiger charge is 2.26. The molecule has 0 bridgehead atoms. The van der Waals surface area contributed by atoms with E-state index >= 15 is 0 Å². The lowest BCUT2D eigenvalue weighted by atomic mass is 10.0. The van der Waals surface area contributed by atoms with Gasteiger partial charge in [-0.15, -0.1) is 11.3 Å². The number of carbonyl (C=O) groups is 2. The van der Waals surface area contributed by atoms with Crippen LogP contribution in [0.5, 0.6) is 0 Å². The zero-order valence-corrected chi connectivity index (χ0v) is 19.4. The van der Waals surface area contributed by atoms with Crippen LogP contribution in [0.1, 0.15) is 43.7 Å². The average Bonchev–Trinajstić information content (AvgIpc) is 3.20. The molecule has 0 aliphatic rings. The fourth-order valence-corrected chi connectivity index (χ4v) is 3.40. The third-order valence-corrected chi connectivity index (χ3v) is 4.82. The van der Waals surface area contributed by atoms with Gasteiger partial charge in [0.2, 0.25) is 12.3 Å². The van der Waals surface area contributed by atoms with Crippen molar-refractivity contribution in [3.63, 3.8) is 0 Å². The number of nitrogens with zero attached hydrogens (tertiary/aromatic N) is 2. The third-order valence-electron chi connectivity index (χ3n) is 4.15. The molecule has 0 unspecified atom stereocenters. The van der Waals surface area contributed by atoms with Gasteiger partial charge in [-0.25, -0.2) is 14.6 Å². The molecule has 3 aromatic rings. The van der Waals surface area contributed by atoms with Gasteiger partial charge in [-0.2, -0.15) is 0 Å². The first-order valence-electron chi connectivity index (χ1n) is 10.2. The number of esters is 2. The quantitative estimate of drug-likeness (QED) is 0.301. The second kappa shape index (κ2) is 10.7. The molecular formula is C24H25N3O5S. The molecule has 0 fully saturated rings. The highest BCUT2D eigenvalue weighted by Crippen LogP contribution is 2.27. The zero-order valence-electron chi connectivity index (χ0n) is 18.6. The maximum atomic E-state index is 13.2. The third kappa shape index (κ3) is 7.15. The summed E-state index contributed by atoms with van der Waals surface area (Å²) in [7, 11) is 0. The summed E-state index contributed by atoms with van der Waals surface area (Å²) in [5.41, 5.74) is 6.60. The van der Waals surface area contributed by atoms with Crippen LogP contribution < -0.4 is 5.73 Å². The monoisotopic (exact) mass is 467 g/mol. The lowest BCUT2D eigenvalue weighted by molar-refractivity contribution is -0.160. The molecule has 2 N–H and O–H groups in total. The van der Waals surface area contributed by atoms with E-state index in [1.54, 1.807) is 26.2 Å². The number of hydrogen-bond acceptors (Lipinski definition) is 9. The summed E-state index contributed by atoms with van der Waals surface area (Å²) in [5, 5.41) is 5.66. The number of nitrogen functional groups attached to an aromatic ring is 1. The van der Waals surface area contributed by atoms with Crippen LogP contribution >= 0.6 is 11.3 Å². The fourth-order valence-electron chi connectivity index (χ4n) is 2.85. The molecule has 0 saturated carbocycles. The van der Waals surface area contributed by atoms with Crippen LogP contribution in [-0.2, 0) is 23.9 Å². The first-order chi connectivity index (χ1) is 15.7. The number of benzene rings is 2. The van der Waals surface area contributed by atoms with Gasteiger partial charge < -0.3 is 20.0 Å². The minimum absolute atomic E-state index is 0.187. The predicted octanol–water partition coefficient (Wildman–Crippen LogP) is 4.12. The SMILES string of the molecule is CC(C)(C)OC(=O)CO/N=C(\C(=O)OC(c1ccccc1)c1ccccc1)c1csc(N)n1. The highest BCUT2D eigenvalue weighted by molar-refractivity contribution is 7.13. The van der Waals surface area contributed by atoms with E-state index in [4.69, 9.17) is 20.0 Å². The molecule has 0 saturated heterocycles. The lowest BCUT2D eigenvalue weighted by Gasteiger charge is -2.19. The lowest BCUT2D eigenvalue weighted by Crippen LogP contribution is -2.27. The van der Waals surface area contributed by atoms with Crippen LogP contribution in [0.4, 0.5) is 5.13 Å². The van der Waals surface area contributed by atoms with Crippen LogP contribution in [0.25, 0.3) is 0 Å². The molecule has 9 heteroatoms. The maximum Gasteiger partial charge on any atom is 0.363 e. The number of rotatable bonds is 8. The summed E-state index contributed by atoms with van der Waals surface area (Å²) in [6, 6.07) is 18.6. The largest absolute Gasteiger partial charge is 0.457 e. The molecule has 0 spiro atoms. The second-order valence-corrected chi connectivity index (χ2v) is 8.87. The molecule has 0 amide bonds. The van der Waals surface area contributed by atoms with E-state index in [2.05, 4.69) is 10.1 Å². The van der Waals surface area contributed by atoms with Crippen molar-refractivity contribution < 1.29 is 23.9 Å². The molecule has 2 aromatic carbocycles. The Morgan fingerprint density at radius 2 is 1.61 bits per heavy atom. The minimum Gasteiger partial charge on any atom is -0.457 e. The molecule has 172 valence electrons. The number of thiazole rings is 1. The van der Waals surface area contributed by atoms with E-state index in [1.165, 1.54) is 0 Å². The van der Waals surface area contributed by atoms with Gasteiger partial charge in [-0.1, -0.05) is 65.8 Å². The first-order valence-corrected chi connectivity index (χ1v) is 11.0. The number of anilines is 1. The summed E-state index contributed by atoms with van der Waals surface area (Å²) in [6.07, 6.45) is -0.688. The smallest absolute Gasteiger partial charge is 0.363 e. The molecular weight excluding hydrogens is 442 g/mol. The van der Waals surface area contributed by atoms with Crippen LogP contribution in [0, 0.1) is 0 Å². The Bertz CT molecular complexity index is 1070. The Hall–Kier alpha value is -3.72. The van der Waals surface area contributed by atoms with Crippen molar-refractivity contribution in [2.75, 3.05) is 12.3 Å². The van der Waals surface area contributed by atoms with Crippen LogP contribution in [-0.4, -0.2) is 34.8 Å². The van der Waals surface area contributed by atoms with E-state index in [9.17, 15) is 9.59 Å². The number of carbonyl (C=O) groups excluding carboxylic acids is 2. The van der Waals surface area contributed by atoms with Crippen LogP contribution in [0.3, 0.4) is 0 Å². The van der Waals surface area contributed by atoms with Crippen molar-refractivity contribution in [3.8, 4) is 0 Å². The topological polar surface area (TPSA) is 113 Å². The van der Waals surface area contributed by atoms with E-state index in [1.807, 2.05) is 60.7 Å². The summed E-state index contributed by atoms with van der Waals surface area (Å²) in [5.74, 6) is -1.40. The molecule has 0 aliphatic heterocycles. The number of oxime groups is 1. The van der Waals surface area contributed by atoms with Crippen molar-refractivity contribution in [1.29, 1.82) is 0 Å². The summed E-state index contributed by atoms with van der Waals surface area (Å²) in [6.45, 7) is 4.74. The second-order valence-electron chi connectivity index (χ2n) is 7.98. The van der Waals surface area contributed by atoms with E-state index in [-0.39, 0.29) is 16.5 Å². The molecule has 0 aliphatic carbocycles. The molecule has 0 radical (unpaired) electrons. The highest BCUT2D eigenvalue weighted by atomic mass is 32.1. The summed E-state index contributed by atoms with van der Waals surface area (Å²) < 4.78 is 11.0. The minimum atomic E-state index is -0.776. The van der Waals surface area contributed by atoms with E-state index < -0.39 is 30.3 Å². The molecule has 1 aromatic heterocycles. The van der Waals surface area contributed by atoms with Crippen molar-refractivity contribution in [3.05, 3.63) is 82.9 Å². The number of nitrogens with two attached hydrogens (primary N) is 1. The number of ether oxygens (including phenoxy) is 2. The van der Waals surface area contributed by atoms with Crippen molar-refractivity contribution >= 4 is 34.1 Å². The van der Waals surface area contributed by atoms with Gasteiger partial charge in [0, 0.05) is 5.38 Å². The fraction of sp³-hybridized carbons (Fsp3) is 0.250. The van der Waals surface area contributed by atoms with Gasteiger partial charge in [0.25, 0.3) is 0 Å². The van der Waals surface area contributed by atoms with Gasteiger partial charge in [0.1, 0.15) is 11.3 Å². The van der Waals surface area contributed by atoms with Gasteiger partial charge in [-0.05, 0) is 31.9 Å². The zero-order chi connectivity index (χ0) is 23.8. The van der Waals surface area contributed by atoms with Crippen LogP contribution in [0.15, 0.2) is 71.2 Å².